The first-order valence-electron chi connectivity index (χ1n) is 6.94. The summed E-state index contributed by atoms with van der Waals surface area (Å²) in [6.45, 7) is 0. The van der Waals surface area contributed by atoms with Crippen LogP contribution in [0.4, 0.5) is 10.1 Å². The average Bonchev–Trinajstić information content (AvgIpc) is 3.09. The Morgan fingerprint density at radius 1 is 1.12 bits per heavy atom. The Bertz CT molecular complexity index is 895. The van der Waals surface area contributed by atoms with E-state index in [1.165, 1.54) is 18.4 Å². The second-order valence-electron chi connectivity index (χ2n) is 4.97. The van der Waals surface area contributed by atoms with Crippen LogP contribution in [0.2, 0.25) is 0 Å². The zero-order valence-electron chi connectivity index (χ0n) is 12.6. The van der Waals surface area contributed by atoms with Crippen LogP contribution in [-0.2, 0) is 10.8 Å². The number of hydrogen-bond acceptors (Lipinski definition) is 4. The molecule has 1 N–H and O–H groups in total. The molecule has 0 aliphatic carbocycles. The molecule has 1 unspecified atom stereocenters. The van der Waals surface area contributed by atoms with Crippen LogP contribution in [0.25, 0.3) is 5.69 Å². The third-order valence-corrected chi connectivity index (χ3v) is 4.30. The van der Waals surface area contributed by atoms with Crippen LogP contribution in [0.5, 0.6) is 0 Å². The predicted octanol–water partition coefficient (Wildman–Crippen LogP) is 2.40. The Hall–Kier alpha value is -2.87. The topological polar surface area (TPSA) is 76.9 Å². The van der Waals surface area contributed by atoms with Gasteiger partial charge in [0.1, 0.15) is 18.5 Å². The van der Waals surface area contributed by atoms with Gasteiger partial charge in [0.15, 0.2) is 0 Å². The minimum absolute atomic E-state index is 0.103. The Morgan fingerprint density at radius 2 is 1.79 bits per heavy atom. The van der Waals surface area contributed by atoms with E-state index >= 15 is 0 Å². The Morgan fingerprint density at radius 3 is 2.38 bits per heavy atom. The van der Waals surface area contributed by atoms with Gasteiger partial charge in [-0.05, 0) is 42.5 Å². The molecule has 6 nitrogen and oxygen atoms in total. The smallest absolute Gasteiger partial charge is 0.255 e. The summed E-state index contributed by atoms with van der Waals surface area (Å²) in [6.07, 6.45) is 4.50. The number of halogens is 1. The zero-order chi connectivity index (χ0) is 17.1. The Labute approximate surface area is 139 Å². The molecule has 2 aromatic carbocycles. The number of amides is 1. The monoisotopic (exact) mass is 344 g/mol. The van der Waals surface area contributed by atoms with Crippen LogP contribution in [0, 0.1) is 5.82 Å². The number of carbonyl (C=O) groups is 1. The maximum atomic E-state index is 13.8. The molecule has 0 saturated carbocycles. The van der Waals surface area contributed by atoms with Gasteiger partial charge in [-0.2, -0.15) is 0 Å². The third kappa shape index (κ3) is 3.38. The van der Waals surface area contributed by atoms with E-state index in [-0.39, 0.29) is 10.8 Å². The molecular weight excluding hydrogens is 331 g/mol. The second kappa shape index (κ2) is 6.71. The first-order chi connectivity index (χ1) is 11.5. The van der Waals surface area contributed by atoms with Crippen molar-refractivity contribution in [3.63, 3.8) is 0 Å². The molecule has 0 saturated heterocycles. The lowest BCUT2D eigenvalue weighted by Crippen LogP contribution is -2.12. The fourth-order valence-electron chi connectivity index (χ4n) is 2.13. The molecule has 1 amide bonds. The highest BCUT2D eigenvalue weighted by atomic mass is 32.2. The molecule has 122 valence electrons. The normalized spacial score (nSPS) is 11.9. The number of aromatic nitrogens is 3. The molecule has 3 aromatic rings. The van der Waals surface area contributed by atoms with Gasteiger partial charge in [0.2, 0.25) is 0 Å². The van der Waals surface area contributed by atoms with Crippen molar-refractivity contribution >= 4 is 22.4 Å². The third-order valence-electron chi connectivity index (χ3n) is 3.35. The molecule has 1 aromatic heterocycles. The Kier molecular flexibility index (Phi) is 4.48. The standard InChI is InChI=1S/C16H13FN4O2S/c1-24(23)15-7-4-12(8-14(15)17)20-16(22)11-2-5-13(6-3-11)21-9-18-19-10-21/h2-10H,1H3,(H,20,22). The van der Waals surface area contributed by atoms with Crippen LogP contribution in [-0.4, -0.2) is 31.1 Å². The van der Waals surface area contributed by atoms with Crippen molar-refractivity contribution in [1.29, 1.82) is 0 Å². The minimum atomic E-state index is -1.42. The van der Waals surface area contributed by atoms with E-state index in [1.54, 1.807) is 41.5 Å². The number of carbonyl (C=O) groups excluding carboxylic acids is 1. The first kappa shape index (κ1) is 16.0. The van der Waals surface area contributed by atoms with Crippen LogP contribution >= 0.6 is 0 Å². The molecule has 3 rings (SSSR count). The summed E-state index contributed by atoms with van der Waals surface area (Å²) in [6, 6.07) is 10.9. The lowest BCUT2D eigenvalue weighted by atomic mass is 10.2. The number of benzene rings is 2. The molecule has 1 heterocycles. The van der Waals surface area contributed by atoms with E-state index in [0.29, 0.717) is 11.3 Å². The maximum Gasteiger partial charge on any atom is 0.255 e. The van der Waals surface area contributed by atoms with E-state index in [4.69, 9.17) is 0 Å². The fourth-order valence-corrected chi connectivity index (χ4v) is 2.73. The van der Waals surface area contributed by atoms with Gasteiger partial charge >= 0.3 is 0 Å². The van der Waals surface area contributed by atoms with Gasteiger partial charge in [0, 0.05) is 23.2 Å². The van der Waals surface area contributed by atoms with Crippen LogP contribution in [0.15, 0.2) is 60.0 Å². The van der Waals surface area contributed by atoms with E-state index < -0.39 is 16.6 Å². The molecule has 0 spiro atoms. The maximum absolute atomic E-state index is 13.8. The summed E-state index contributed by atoms with van der Waals surface area (Å²) in [5.74, 6) is -0.980. The summed E-state index contributed by atoms with van der Waals surface area (Å²) in [5, 5.41) is 10.0. The van der Waals surface area contributed by atoms with Crippen molar-refractivity contribution in [2.75, 3.05) is 11.6 Å². The van der Waals surface area contributed by atoms with E-state index in [9.17, 15) is 13.4 Å². The first-order valence-corrected chi connectivity index (χ1v) is 8.50. The molecule has 24 heavy (non-hydrogen) atoms. The minimum Gasteiger partial charge on any atom is -0.322 e. The second-order valence-corrected chi connectivity index (χ2v) is 6.32. The highest BCUT2D eigenvalue weighted by molar-refractivity contribution is 7.84. The molecule has 0 aliphatic rings. The van der Waals surface area contributed by atoms with Gasteiger partial charge < -0.3 is 5.32 Å². The van der Waals surface area contributed by atoms with Gasteiger partial charge in [-0.3, -0.25) is 13.6 Å². The van der Waals surface area contributed by atoms with Crippen molar-refractivity contribution in [3.8, 4) is 5.69 Å². The molecule has 1 atom stereocenters. The quantitative estimate of drug-likeness (QED) is 0.788. The number of nitrogens with one attached hydrogen (secondary N) is 1. The summed E-state index contributed by atoms with van der Waals surface area (Å²) in [5.41, 5.74) is 1.54. The highest BCUT2D eigenvalue weighted by Crippen LogP contribution is 2.18. The van der Waals surface area contributed by atoms with Crippen LogP contribution in [0.1, 0.15) is 10.4 Å². The largest absolute Gasteiger partial charge is 0.322 e. The number of rotatable bonds is 4. The molecule has 0 bridgehead atoms. The van der Waals surface area contributed by atoms with Gasteiger partial charge in [-0.15, -0.1) is 10.2 Å². The van der Waals surface area contributed by atoms with Gasteiger partial charge in [0.25, 0.3) is 5.91 Å². The average molecular weight is 344 g/mol. The highest BCUT2D eigenvalue weighted by Gasteiger charge is 2.10. The molecule has 0 fully saturated rings. The number of anilines is 1. The summed E-state index contributed by atoms with van der Waals surface area (Å²) >= 11 is 0. The van der Waals surface area contributed by atoms with Gasteiger partial charge in [0.05, 0.1) is 15.7 Å². The molecule has 8 heteroatoms. The number of hydrogen-bond donors (Lipinski definition) is 1. The lowest BCUT2D eigenvalue weighted by Gasteiger charge is -2.08. The Balaban J connectivity index is 1.75. The van der Waals surface area contributed by atoms with Gasteiger partial charge in [-0.25, -0.2) is 4.39 Å². The summed E-state index contributed by atoms with van der Waals surface area (Å²) in [7, 11) is -1.42. The summed E-state index contributed by atoms with van der Waals surface area (Å²) < 4.78 is 26.8. The van der Waals surface area contributed by atoms with Crippen molar-refractivity contribution in [2.24, 2.45) is 0 Å². The van der Waals surface area contributed by atoms with Crippen molar-refractivity contribution < 1.29 is 13.4 Å². The van der Waals surface area contributed by atoms with E-state index in [0.717, 1.165) is 11.8 Å². The zero-order valence-corrected chi connectivity index (χ0v) is 13.5. The number of nitrogens with zero attached hydrogens (tertiary/aromatic N) is 3. The van der Waals surface area contributed by atoms with E-state index in [1.807, 2.05) is 0 Å². The van der Waals surface area contributed by atoms with Crippen molar-refractivity contribution in [2.45, 2.75) is 4.90 Å². The van der Waals surface area contributed by atoms with Crippen LogP contribution in [0.3, 0.4) is 0 Å². The molecular formula is C16H13FN4O2S. The van der Waals surface area contributed by atoms with Gasteiger partial charge in [-0.1, -0.05) is 0 Å². The lowest BCUT2D eigenvalue weighted by molar-refractivity contribution is 0.102. The van der Waals surface area contributed by atoms with Crippen molar-refractivity contribution in [1.82, 2.24) is 14.8 Å². The van der Waals surface area contributed by atoms with Crippen LogP contribution < -0.4 is 5.32 Å². The molecule has 0 radical (unpaired) electrons. The van der Waals surface area contributed by atoms with E-state index in [2.05, 4.69) is 15.5 Å². The summed E-state index contributed by atoms with van der Waals surface area (Å²) in [4.78, 5) is 12.3. The van der Waals surface area contributed by atoms with Crippen molar-refractivity contribution in [3.05, 3.63) is 66.5 Å². The molecule has 0 aliphatic heterocycles. The SMILES string of the molecule is CS(=O)c1ccc(NC(=O)c2ccc(-n3cnnc3)cc2)cc1F. The predicted molar refractivity (Wildman–Crippen MR) is 88.0 cm³/mol. The fraction of sp³-hybridized carbons (Fsp3) is 0.0625.